The molecule has 4 aromatic carbocycles. The monoisotopic (exact) mass is 694 g/mol. The average molecular weight is 695 g/mol. The van der Waals surface area contributed by atoms with Crippen LogP contribution >= 0.6 is 0 Å². The molecule has 5 aromatic rings. The van der Waals surface area contributed by atoms with E-state index in [0.29, 0.717) is 60.5 Å². The van der Waals surface area contributed by atoms with E-state index < -0.39 is 16.0 Å². The molecular weight excluding hydrogens is 657 g/mol. The third kappa shape index (κ3) is 7.50. The maximum atomic E-state index is 14.6. The molecule has 50 heavy (non-hydrogen) atoms. The van der Waals surface area contributed by atoms with E-state index in [-0.39, 0.29) is 35.6 Å². The summed E-state index contributed by atoms with van der Waals surface area (Å²) in [5.74, 6) is -0.911. The van der Waals surface area contributed by atoms with Crippen LogP contribution in [0.4, 0.5) is 17.1 Å². The van der Waals surface area contributed by atoms with Gasteiger partial charge in [-0.2, -0.15) is 0 Å². The molecule has 0 unspecified atom stereocenters. The van der Waals surface area contributed by atoms with Crippen molar-refractivity contribution in [3.8, 4) is 0 Å². The first kappa shape index (κ1) is 34.3. The molecule has 6 rings (SSSR count). The number of hydrogen-bond donors (Lipinski definition) is 1. The quantitative estimate of drug-likeness (QED) is 0.168. The summed E-state index contributed by atoms with van der Waals surface area (Å²) < 4.78 is 41.3. The second-order valence-corrected chi connectivity index (χ2v) is 13.7. The number of hydrogen-bond acceptors (Lipinski definition) is 8. The fourth-order valence-electron chi connectivity index (χ4n) is 6.03. The highest BCUT2D eigenvalue weighted by Gasteiger charge is 2.30. The third-order valence-corrected chi connectivity index (χ3v) is 10.3. The summed E-state index contributed by atoms with van der Waals surface area (Å²) >= 11 is 0. The highest BCUT2D eigenvalue weighted by molar-refractivity contribution is 7.92. The molecule has 258 valence electrons. The topological polar surface area (TPSA) is 129 Å². The van der Waals surface area contributed by atoms with Gasteiger partial charge >= 0.3 is 5.97 Å². The van der Waals surface area contributed by atoms with E-state index in [0.717, 1.165) is 11.3 Å². The number of benzene rings is 4. The summed E-state index contributed by atoms with van der Waals surface area (Å²) in [6.07, 6.45) is 0.471. The Morgan fingerprint density at radius 2 is 1.56 bits per heavy atom. The number of ether oxygens (including phenoxy) is 1. The summed E-state index contributed by atoms with van der Waals surface area (Å²) in [6.45, 7) is 5.37. The smallest absolute Gasteiger partial charge is 0.374 e. The Labute approximate surface area is 291 Å². The van der Waals surface area contributed by atoms with Crippen molar-refractivity contribution in [1.29, 1.82) is 0 Å². The van der Waals surface area contributed by atoms with E-state index in [4.69, 9.17) is 9.15 Å². The number of amides is 2. The van der Waals surface area contributed by atoms with Gasteiger partial charge in [0.1, 0.15) is 5.58 Å². The van der Waals surface area contributed by atoms with Gasteiger partial charge in [0.25, 0.3) is 15.9 Å². The van der Waals surface area contributed by atoms with Crippen molar-refractivity contribution in [2.75, 3.05) is 53.9 Å². The highest BCUT2D eigenvalue weighted by atomic mass is 32.2. The highest BCUT2D eigenvalue weighted by Crippen LogP contribution is 2.35. The summed E-state index contributed by atoms with van der Waals surface area (Å²) in [6, 6.07) is 30.0. The van der Waals surface area contributed by atoms with Gasteiger partial charge in [-0.25, -0.2) is 13.2 Å². The van der Waals surface area contributed by atoms with E-state index in [1.807, 2.05) is 48.5 Å². The van der Waals surface area contributed by atoms with Crippen LogP contribution in [0.3, 0.4) is 0 Å². The molecule has 1 fully saturated rings. The zero-order valence-corrected chi connectivity index (χ0v) is 28.7. The van der Waals surface area contributed by atoms with Crippen LogP contribution in [-0.2, 0) is 26.0 Å². The summed E-state index contributed by atoms with van der Waals surface area (Å²) in [4.78, 5) is 40.9. The second kappa shape index (κ2) is 14.9. The van der Waals surface area contributed by atoms with Crippen molar-refractivity contribution in [1.82, 2.24) is 4.90 Å². The predicted octanol–water partition coefficient (Wildman–Crippen LogP) is 5.97. The zero-order valence-electron chi connectivity index (χ0n) is 27.9. The number of esters is 1. The standard InChI is InChI=1S/C38H38N4O7S/c1-3-48-38(45)36-26-30-25-32(17-18-35(30)49-36)50(46,47)42(20-19-28-9-5-4-6-10-28)34-12-8-7-11-33(34)40-21-23-41(24-22-40)37(44)29-13-15-31(16-14-29)39-27(2)43/h4-18,25-26H,3,19-24H2,1-2H3,(H,39,43). The van der Waals surface area contributed by atoms with Gasteiger partial charge in [0.2, 0.25) is 11.7 Å². The van der Waals surface area contributed by atoms with Gasteiger partial charge < -0.3 is 24.3 Å². The van der Waals surface area contributed by atoms with Crippen molar-refractivity contribution >= 4 is 55.8 Å². The van der Waals surface area contributed by atoms with Crippen LogP contribution in [-0.4, -0.2) is 70.4 Å². The lowest BCUT2D eigenvalue weighted by molar-refractivity contribution is -0.114. The van der Waals surface area contributed by atoms with E-state index in [2.05, 4.69) is 10.2 Å². The Balaban J connectivity index is 1.27. The molecule has 0 spiro atoms. The molecule has 1 aliphatic heterocycles. The summed E-state index contributed by atoms with van der Waals surface area (Å²) in [7, 11) is -4.11. The van der Waals surface area contributed by atoms with Gasteiger partial charge in [0.15, 0.2) is 0 Å². The molecule has 0 aliphatic carbocycles. The molecule has 2 heterocycles. The van der Waals surface area contributed by atoms with Gasteiger partial charge in [-0.05, 0) is 79.6 Å². The third-order valence-electron chi connectivity index (χ3n) is 8.51. The normalized spacial score (nSPS) is 13.2. The number of carbonyl (C=O) groups is 3. The Bertz CT molecular complexity index is 2110. The number of carbonyl (C=O) groups excluding carboxylic acids is 3. The first-order chi connectivity index (χ1) is 24.1. The van der Waals surface area contributed by atoms with E-state index in [1.165, 1.54) is 29.4 Å². The van der Waals surface area contributed by atoms with Gasteiger partial charge in [0, 0.05) is 56.3 Å². The number of para-hydroxylation sites is 2. The maximum Gasteiger partial charge on any atom is 0.374 e. The fraction of sp³-hybridized carbons (Fsp3) is 0.237. The number of furan rings is 1. The fourth-order valence-corrected chi connectivity index (χ4v) is 7.55. The Hall–Kier alpha value is -5.62. The molecule has 1 aromatic heterocycles. The van der Waals surface area contributed by atoms with E-state index >= 15 is 0 Å². The molecule has 0 saturated carbocycles. The second-order valence-electron chi connectivity index (χ2n) is 11.9. The van der Waals surface area contributed by atoms with Crippen LogP contribution in [0.2, 0.25) is 0 Å². The van der Waals surface area contributed by atoms with Crippen LogP contribution < -0.4 is 14.5 Å². The average Bonchev–Trinajstić information content (AvgIpc) is 3.56. The molecule has 12 heteroatoms. The van der Waals surface area contributed by atoms with Crippen LogP contribution in [0.5, 0.6) is 0 Å². The zero-order chi connectivity index (χ0) is 35.3. The summed E-state index contributed by atoms with van der Waals surface area (Å²) in [5, 5.41) is 3.17. The number of rotatable bonds is 11. The number of nitrogens with one attached hydrogen (secondary N) is 1. The van der Waals surface area contributed by atoms with Gasteiger partial charge in [-0.3, -0.25) is 13.9 Å². The van der Waals surface area contributed by atoms with Crippen LogP contribution in [0, 0.1) is 0 Å². The van der Waals surface area contributed by atoms with Gasteiger partial charge in [0.05, 0.1) is 22.9 Å². The van der Waals surface area contributed by atoms with Crippen molar-refractivity contribution in [2.45, 2.75) is 25.2 Å². The maximum absolute atomic E-state index is 14.6. The number of anilines is 3. The molecule has 0 radical (unpaired) electrons. The van der Waals surface area contributed by atoms with E-state index in [9.17, 15) is 22.8 Å². The minimum atomic E-state index is -4.11. The molecule has 2 amide bonds. The Kier molecular flexibility index (Phi) is 10.2. The largest absolute Gasteiger partial charge is 0.460 e. The van der Waals surface area contributed by atoms with Crippen molar-refractivity contribution in [2.24, 2.45) is 0 Å². The predicted molar refractivity (Wildman–Crippen MR) is 192 cm³/mol. The van der Waals surface area contributed by atoms with Crippen LogP contribution in [0.1, 0.15) is 40.3 Å². The van der Waals surface area contributed by atoms with Crippen LogP contribution in [0.25, 0.3) is 11.0 Å². The Morgan fingerprint density at radius 1 is 0.860 bits per heavy atom. The number of piperazine rings is 1. The number of sulfonamides is 1. The minimum absolute atomic E-state index is 0.00214. The SMILES string of the molecule is CCOC(=O)c1cc2cc(S(=O)(=O)N(CCc3ccccc3)c3ccccc3N3CCN(C(=O)c4ccc(NC(C)=O)cc4)CC3)ccc2o1. The lowest BCUT2D eigenvalue weighted by Gasteiger charge is -2.38. The molecule has 0 atom stereocenters. The lowest BCUT2D eigenvalue weighted by atomic mass is 10.1. The first-order valence-electron chi connectivity index (χ1n) is 16.4. The molecule has 0 bridgehead atoms. The Morgan fingerprint density at radius 3 is 2.26 bits per heavy atom. The molecule has 1 saturated heterocycles. The van der Waals surface area contributed by atoms with Crippen molar-refractivity contribution in [3.05, 3.63) is 120 Å². The minimum Gasteiger partial charge on any atom is -0.460 e. The molecule has 1 aliphatic rings. The van der Waals surface area contributed by atoms with Crippen LogP contribution in [0.15, 0.2) is 112 Å². The van der Waals surface area contributed by atoms with Crippen molar-refractivity contribution in [3.63, 3.8) is 0 Å². The lowest BCUT2D eigenvalue weighted by Crippen LogP contribution is -2.49. The van der Waals surface area contributed by atoms with Gasteiger partial charge in [-0.15, -0.1) is 0 Å². The van der Waals surface area contributed by atoms with Gasteiger partial charge in [-0.1, -0.05) is 42.5 Å². The molecular formula is C38H38N4O7S. The number of nitrogens with zero attached hydrogens (tertiary/aromatic N) is 3. The summed E-state index contributed by atoms with van der Waals surface area (Å²) in [5.41, 5.74) is 3.77. The van der Waals surface area contributed by atoms with Crippen molar-refractivity contribution < 1.29 is 32.0 Å². The first-order valence-corrected chi connectivity index (χ1v) is 17.9. The molecule has 1 N–H and O–H groups in total. The van der Waals surface area contributed by atoms with E-state index in [1.54, 1.807) is 48.2 Å². The number of fused-ring (bicyclic) bond motifs is 1. The molecule has 11 nitrogen and oxygen atoms in total.